The summed E-state index contributed by atoms with van der Waals surface area (Å²) in [5.41, 5.74) is 4.42. The second-order valence-electron chi connectivity index (χ2n) is 8.56. The van der Waals surface area contributed by atoms with Crippen LogP contribution in [0.4, 0.5) is 0 Å². The summed E-state index contributed by atoms with van der Waals surface area (Å²) in [6.45, 7) is 4.54. The van der Waals surface area contributed by atoms with E-state index in [2.05, 4.69) is 26.0 Å². The van der Waals surface area contributed by atoms with Crippen molar-refractivity contribution < 1.29 is 19.4 Å². The Morgan fingerprint density at radius 3 is 2.66 bits per heavy atom. The number of fused-ring (bicyclic) bond motifs is 2. The number of ether oxygens (including phenoxy) is 1. The third-order valence-corrected chi connectivity index (χ3v) is 7.36. The SMILES string of the molecule is COC(=O)c1ccc(C(O)C2CCc3cc4c(cc3C2=O)SCCC4(C)C)cc1. The van der Waals surface area contributed by atoms with Gasteiger partial charge in [-0.3, -0.25) is 4.79 Å². The van der Waals surface area contributed by atoms with Crippen molar-refractivity contribution in [3.63, 3.8) is 0 Å². The van der Waals surface area contributed by atoms with Gasteiger partial charge in [0, 0.05) is 10.5 Å². The number of carbonyl (C=O) groups is 2. The molecule has 29 heavy (non-hydrogen) atoms. The molecule has 2 aliphatic rings. The molecule has 5 heteroatoms. The van der Waals surface area contributed by atoms with Crippen LogP contribution in [0.2, 0.25) is 0 Å². The standard InChI is InChI=1S/C24H26O4S/c1-24(2)10-11-29-20-13-18-16(12-19(20)24)8-9-17(22(18)26)21(25)14-4-6-15(7-5-14)23(27)28-3/h4-7,12-13,17,21,25H,8-11H2,1-3H3. The molecule has 2 aromatic rings. The zero-order valence-electron chi connectivity index (χ0n) is 17.0. The van der Waals surface area contributed by atoms with Gasteiger partial charge in [-0.2, -0.15) is 0 Å². The summed E-state index contributed by atoms with van der Waals surface area (Å²) < 4.78 is 4.71. The number of esters is 1. The van der Waals surface area contributed by atoms with E-state index in [4.69, 9.17) is 4.74 Å². The van der Waals surface area contributed by atoms with Gasteiger partial charge in [0.2, 0.25) is 0 Å². The van der Waals surface area contributed by atoms with Gasteiger partial charge in [-0.25, -0.2) is 4.79 Å². The Kier molecular flexibility index (Phi) is 5.30. The van der Waals surface area contributed by atoms with E-state index in [0.29, 0.717) is 17.5 Å². The van der Waals surface area contributed by atoms with Crippen molar-refractivity contribution in [2.24, 2.45) is 5.92 Å². The van der Waals surface area contributed by atoms with E-state index in [-0.39, 0.29) is 11.2 Å². The average molecular weight is 411 g/mol. The Bertz CT molecular complexity index is 962. The zero-order valence-corrected chi connectivity index (χ0v) is 17.8. The van der Waals surface area contributed by atoms with E-state index in [9.17, 15) is 14.7 Å². The fourth-order valence-corrected chi connectivity index (χ4v) is 5.89. The van der Waals surface area contributed by atoms with Crippen LogP contribution in [-0.4, -0.2) is 29.7 Å². The van der Waals surface area contributed by atoms with Crippen LogP contribution < -0.4 is 0 Å². The molecule has 2 atom stereocenters. The molecular formula is C24H26O4S. The quantitative estimate of drug-likeness (QED) is 0.742. The lowest BCUT2D eigenvalue weighted by Crippen LogP contribution is -2.30. The minimum atomic E-state index is -0.887. The summed E-state index contributed by atoms with van der Waals surface area (Å²) in [6.07, 6.45) is 1.66. The van der Waals surface area contributed by atoms with Crippen molar-refractivity contribution in [3.05, 3.63) is 64.2 Å². The highest BCUT2D eigenvalue weighted by atomic mass is 32.2. The van der Waals surface area contributed by atoms with Crippen molar-refractivity contribution >= 4 is 23.5 Å². The Morgan fingerprint density at radius 2 is 1.97 bits per heavy atom. The Morgan fingerprint density at radius 1 is 1.24 bits per heavy atom. The molecule has 0 saturated heterocycles. The predicted octanol–water partition coefficient (Wildman–Crippen LogP) is 4.73. The third kappa shape index (κ3) is 3.62. The fourth-order valence-electron chi connectivity index (χ4n) is 4.37. The Labute approximate surface area is 175 Å². The molecule has 4 rings (SSSR count). The van der Waals surface area contributed by atoms with Crippen LogP contribution in [0.3, 0.4) is 0 Å². The molecule has 0 spiro atoms. The number of carbonyl (C=O) groups excluding carboxylic acids is 2. The number of rotatable bonds is 3. The van der Waals surface area contributed by atoms with Gasteiger partial charge in [0.25, 0.3) is 0 Å². The number of hydrogen-bond acceptors (Lipinski definition) is 5. The van der Waals surface area contributed by atoms with Gasteiger partial charge in [-0.15, -0.1) is 11.8 Å². The number of aliphatic hydroxyl groups excluding tert-OH is 1. The summed E-state index contributed by atoms with van der Waals surface area (Å²) >= 11 is 1.82. The molecule has 0 saturated carbocycles. The van der Waals surface area contributed by atoms with Crippen LogP contribution in [0.15, 0.2) is 41.3 Å². The van der Waals surface area contributed by atoms with Gasteiger partial charge in [0.15, 0.2) is 5.78 Å². The summed E-state index contributed by atoms with van der Waals surface area (Å²) in [6, 6.07) is 10.9. The molecule has 152 valence electrons. The summed E-state index contributed by atoms with van der Waals surface area (Å²) in [5.74, 6) is 0.193. The van der Waals surface area contributed by atoms with E-state index >= 15 is 0 Å². The second-order valence-corrected chi connectivity index (χ2v) is 9.69. The summed E-state index contributed by atoms with van der Waals surface area (Å²) in [4.78, 5) is 26.1. The molecular weight excluding hydrogens is 384 g/mol. The molecule has 1 aliphatic carbocycles. The van der Waals surface area contributed by atoms with Crippen LogP contribution in [-0.2, 0) is 16.6 Å². The van der Waals surface area contributed by atoms with Crippen LogP contribution in [0.25, 0.3) is 0 Å². The van der Waals surface area contributed by atoms with E-state index in [1.807, 2.05) is 11.8 Å². The molecule has 0 bridgehead atoms. The fraction of sp³-hybridized carbons (Fsp3) is 0.417. The number of benzene rings is 2. The maximum atomic E-state index is 13.3. The first-order chi connectivity index (χ1) is 13.8. The number of aryl methyl sites for hydroxylation is 1. The average Bonchev–Trinajstić information content (AvgIpc) is 2.72. The molecule has 2 aromatic carbocycles. The maximum absolute atomic E-state index is 13.3. The minimum absolute atomic E-state index is 0.0163. The third-order valence-electron chi connectivity index (χ3n) is 6.30. The van der Waals surface area contributed by atoms with Crippen molar-refractivity contribution in [2.45, 2.75) is 49.5 Å². The molecule has 2 unspecified atom stereocenters. The smallest absolute Gasteiger partial charge is 0.337 e. The van der Waals surface area contributed by atoms with Gasteiger partial charge in [-0.1, -0.05) is 32.0 Å². The second kappa shape index (κ2) is 7.62. The van der Waals surface area contributed by atoms with Gasteiger partial charge in [0.1, 0.15) is 0 Å². The van der Waals surface area contributed by atoms with E-state index < -0.39 is 18.0 Å². The van der Waals surface area contributed by atoms with Gasteiger partial charge < -0.3 is 9.84 Å². The monoisotopic (exact) mass is 410 g/mol. The Hall–Kier alpha value is -2.11. The summed E-state index contributed by atoms with van der Waals surface area (Å²) in [5, 5.41) is 10.9. The molecule has 0 radical (unpaired) electrons. The van der Waals surface area contributed by atoms with E-state index in [1.54, 1.807) is 24.3 Å². The number of ketones is 1. The molecule has 1 aliphatic heterocycles. The first-order valence-electron chi connectivity index (χ1n) is 10.0. The molecule has 1 N–H and O–H groups in total. The van der Waals surface area contributed by atoms with Crippen molar-refractivity contribution in [2.75, 3.05) is 12.9 Å². The highest BCUT2D eigenvalue weighted by Gasteiger charge is 2.36. The largest absolute Gasteiger partial charge is 0.465 e. The predicted molar refractivity (Wildman–Crippen MR) is 114 cm³/mol. The van der Waals surface area contributed by atoms with Crippen LogP contribution in [0, 0.1) is 5.92 Å². The molecule has 0 amide bonds. The number of methoxy groups -OCH3 is 1. The van der Waals surface area contributed by atoms with Gasteiger partial charge in [0.05, 0.1) is 24.7 Å². The summed E-state index contributed by atoms with van der Waals surface area (Å²) in [7, 11) is 1.33. The lowest BCUT2D eigenvalue weighted by atomic mass is 9.74. The van der Waals surface area contributed by atoms with Crippen LogP contribution >= 0.6 is 11.8 Å². The normalized spacial score (nSPS) is 21.1. The lowest BCUT2D eigenvalue weighted by Gasteiger charge is -2.35. The van der Waals surface area contributed by atoms with Crippen LogP contribution in [0.5, 0.6) is 0 Å². The van der Waals surface area contributed by atoms with Crippen LogP contribution in [0.1, 0.15) is 70.2 Å². The number of hydrogen-bond donors (Lipinski definition) is 1. The highest BCUT2D eigenvalue weighted by Crippen LogP contribution is 2.45. The van der Waals surface area contributed by atoms with Gasteiger partial charge >= 0.3 is 5.97 Å². The van der Waals surface area contributed by atoms with Crippen molar-refractivity contribution in [1.82, 2.24) is 0 Å². The minimum Gasteiger partial charge on any atom is -0.465 e. The van der Waals surface area contributed by atoms with E-state index in [0.717, 1.165) is 29.7 Å². The first-order valence-corrected chi connectivity index (χ1v) is 11.0. The van der Waals surface area contributed by atoms with Crippen molar-refractivity contribution in [1.29, 1.82) is 0 Å². The molecule has 1 heterocycles. The van der Waals surface area contributed by atoms with Gasteiger partial charge in [-0.05, 0) is 65.3 Å². The first kappa shape index (κ1) is 20.2. The topological polar surface area (TPSA) is 63.6 Å². The number of aliphatic hydroxyl groups is 1. The zero-order chi connectivity index (χ0) is 20.8. The maximum Gasteiger partial charge on any atom is 0.337 e. The van der Waals surface area contributed by atoms with E-state index in [1.165, 1.54) is 17.6 Å². The molecule has 0 aromatic heterocycles. The molecule has 0 fully saturated rings. The molecule has 4 nitrogen and oxygen atoms in total. The number of Topliss-reactive ketones (excluding diaryl/α,β-unsaturated/α-hetero) is 1. The lowest BCUT2D eigenvalue weighted by molar-refractivity contribution is 0.0594. The highest BCUT2D eigenvalue weighted by molar-refractivity contribution is 7.99. The number of thioether (sulfide) groups is 1. The van der Waals surface area contributed by atoms with Crippen molar-refractivity contribution in [3.8, 4) is 0 Å². The Balaban J connectivity index is 1.61.